The van der Waals surface area contributed by atoms with Gasteiger partial charge in [0, 0.05) is 17.0 Å². The van der Waals surface area contributed by atoms with Crippen LogP contribution < -0.4 is 25.6 Å². The van der Waals surface area contributed by atoms with Crippen molar-refractivity contribution in [2.45, 2.75) is 6.18 Å². The van der Waals surface area contributed by atoms with Gasteiger partial charge in [-0.15, -0.1) is 0 Å². The van der Waals surface area contributed by atoms with Crippen LogP contribution in [0.4, 0.5) is 23.7 Å². The van der Waals surface area contributed by atoms with Crippen molar-refractivity contribution in [1.82, 2.24) is 15.8 Å². The van der Waals surface area contributed by atoms with Gasteiger partial charge in [-0.1, -0.05) is 17.7 Å². The standard InChI is InChI=1S/C19H16ClF3N4O4/c1-30-15-8-16(31-2)13(7-11(15)20)25-18(29)27-26-17(28)14-5-9-3-4-10(19(21,22)23)6-12(9)24-14/h3-8,24H,1-2H3,(H,26,28)(H2,25,27,29). The summed E-state index contributed by atoms with van der Waals surface area (Å²) in [6, 6.07) is 6.46. The molecule has 3 aromatic rings. The molecule has 0 unspecified atom stereocenters. The zero-order chi connectivity index (χ0) is 22.8. The first-order valence-corrected chi connectivity index (χ1v) is 8.99. The number of ether oxygens (including phenoxy) is 2. The Labute approximate surface area is 178 Å². The van der Waals surface area contributed by atoms with Crippen molar-refractivity contribution < 1.29 is 32.2 Å². The number of fused-ring (bicyclic) bond motifs is 1. The van der Waals surface area contributed by atoms with E-state index < -0.39 is 23.7 Å². The number of amides is 3. The summed E-state index contributed by atoms with van der Waals surface area (Å²) in [5.41, 5.74) is 3.73. The van der Waals surface area contributed by atoms with Crippen LogP contribution >= 0.6 is 11.6 Å². The maximum atomic E-state index is 12.8. The summed E-state index contributed by atoms with van der Waals surface area (Å²) in [6.07, 6.45) is -4.51. The molecule has 3 rings (SSSR count). The number of aromatic nitrogens is 1. The normalized spacial score (nSPS) is 11.2. The minimum Gasteiger partial charge on any atom is -0.495 e. The third-order valence-electron chi connectivity index (χ3n) is 4.21. The van der Waals surface area contributed by atoms with Crippen molar-refractivity contribution in [3.05, 3.63) is 52.7 Å². The van der Waals surface area contributed by atoms with Gasteiger partial charge in [0.25, 0.3) is 5.91 Å². The highest BCUT2D eigenvalue weighted by atomic mass is 35.5. The molecule has 164 valence electrons. The Kier molecular flexibility index (Phi) is 6.16. The van der Waals surface area contributed by atoms with Crippen molar-refractivity contribution >= 4 is 40.1 Å². The maximum Gasteiger partial charge on any atom is 0.416 e. The van der Waals surface area contributed by atoms with E-state index in [0.29, 0.717) is 11.1 Å². The van der Waals surface area contributed by atoms with Crippen LogP contribution in [0.25, 0.3) is 10.9 Å². The minimum absolute atomic E-state index is 0.0419. The molecular formula is C19H16ClF3N4O4. The molecule has 12 heteroatoms. The molecule has 0 saturated heterocycles. The van der Waals surface area contributed by atoms with Crippen LogP contribution in [0.3, 0.4) is 0 Å². The third-order valence-corrected chi connectivity index (χ3v) is 4.50. The Morgan fingerprint density at radius 3 is 2.35 bits per heavy atom. The van der Waals surface area contributed by atoms with Crippen LogP contribution in [0.1, 0.15) is 16.1 Å². The van der Waals surface area contributed by atoms with Crippen LogP contribution in [0.2, 0.25) is 5.02 Å². The highest BCUT2D eigenvalue weighted by Gasteiger charge is 2.30. The smallest absolute Gasteiger partial charge is 0.416 e. The molecule has 0 atom stereocenters. The van der Waals surface area contributed by atoms with Gasteiger partial charge in [0.05, 0.1) is 30.5 Å². The molecule has 0 bridgehead atoms. The lowest BCUT2D eigenvalue weighted by atomic mass is 10.1. The monoisotopic (exact) mass is 456 g/mol. The first kappa shape index (κ1) is 22.1. The summed E-state index contributed by atoms with van der Waals surface area (Å²) >= 11 is 6.03. The Hall–Kier alpha value is -3.60. The van der Waals surface area contributed by atoms with Gasteiger partial charge in [0.1, 0.15) is 17.2 Å². The van der Waals surface area contributed by atoms with Crippen LogP contribution in [0.15, 0.2) is 36.4 Å². The third kappa shape index (κ3) is 4.94. The van der Waals surface area contributed by atoms with E-state index in [9.17, 15) is 22.8 Å². The lowest BCUT2D eigenvalue weighted by Gasteiger charge is -2.13. The first-order chi connectivity index (χ1) is 14.6. The van der Waals surface area contributed by atoms with E-state index in [2.05, 4.69) is 21.2 Å². The topological polar surface area (TPSA) is 104 Å². The van der Waals surface area contributed by atoms with Crippen LogP contribution in [0.5, 0.6) is 11.5 Å². The second-order valence-corrected chi connectivity index (χ2v) is 6.61. The second-order valence-electron chi connectivity index (χ2n) is 6.20. The zero-order valence-electron chi connectivity index (χ0n) is 16.1. The highest BCUT2D eigenvalue weighted by Crippen LogP contribution is 2.36. The van der Waals surface area contributed by atoms with Crippen LogP contribution in [0, 0.1) is 0 Å². The molecule has 1 heterocycles. The number of hydrogen-bond donors (Lipinski definition) is 4. The average Bonchev–Trinajstić information content (AvgIpc) is 3.15. The van der Waals surface area contributed by atoms with Gasteiger partial charge in [-0.3, -0.25) is 10.2 Å². The molecule has 0 aliphatic rings. The summed E-state index contributed by atoms with van der Waals surface area (Å²) in [4.78, 5) is 26.9. The number of hydrogen-bond acceptors (Lipinski definition) is 4. The van der Waals surface area contributed by atoms with Crippen molar-refractivity contribution in [3.63, 3.8) is 0 Å². The summed E-state index contributed by atoms with van der Waals surface area (Å²) in [5, 5.41) is 3.07. The Morgan fingerprint density at radius 2 is 1.71 bits per heavy atom. The van der Waals surface area contributed by atoms with Crippen molar-refractivity contribution in [3.8, 4) is 11.5 Å². The number of alkyl halides is 3. The fourth-order valence-electron chi connectivity index (χ4n) is 2.72. The van der Waals surface area contributed by atoms with Gasteiger partial charge >= 0.3 is 12.2 Å². The molecule has 0 fully saturated rings. The van der Waals surface area contributed by atoms with E-state index in [0.717, 1.165) is 12.1 Å². The zero-order valence-corrected chi connectivity index (χ0v) is 16.9. The van der Waals surface area contributed by atoms with E-state index in [4.69, 9.17) is 21.1 Å². The van der Waals surface area contributed by atoms with Gasteiger partial charge in [-0.05, 0) is 24.3 Å². The van der Waals surface area contributed by atoms with Crippen LogP contribution in [-0.4, -0.2) is 31.1 Å². The molecule has 31 heavy (non-hydrogen) atoms. The summed E-state index contributed by atoms with van der Waals surface area (Å²) in [5.74, 6) is -0.163. The fraction of sp³-hybridized carbons (Fsp3) is 0.158. The van der Waals surface area contributed by atoms with Crippen molar-refractivity contribution in [2.75, 3.05) is 19.5 Å². The number of urea groups is 1. The first-order valence-electron chi connectivity index (χ1n) is 8.61. The molecule has 0 aliphatic heterocycles. The van der Waals surface area contributed by atoms with Gasteiger partial charge in [0.15, 0.2) is 0 Å². The number of carbonyl (C=O) groups excluding carboxylic acids is 2. The Bertz CT molecular complexity index is 1150. The molecule has 2 aromatic carbocycles. The van der Waals surface area contributed by atoms with Gasteiger partial charge in [-0.25, -0.2) is 10.2 Å². The molecule has 4 N–H and O–H groups in total. The van der Waals surface area contributed by atoms with E-state index in [-0.39, 0.29) is 27.7 Å². The van der Waals surface area contributed by atoms with Gasteiger partial charge in [-0.2, -0.15) is 13.2 Å². The number of anilines is 1. The predicted molar refractivity (Wildman–Crippen MR) is 107 cm³/mol. The molecule has 8 nitrogen and oxygen atoms in total. The van der Waals surface area contributed by atoms with Crippen molar-refractivity contribution in [2.24, 2.45) is 0 Å². The number of aromatic amines is 1. The number of methoxy groups -OCH3 is 2. The molecule has 1 aromatic heterocycles. The summed E-state index contributed by atoms with van der Waals surface area (Å²) in [7, 11) is 2.80. The number of H-pyrrole nitrogens is 1. The Morgan fingerprint density at radius 1 is 1.00 bits per heavy atom. The quantitative estimate of drug-likeness (QED) is 0.439. The SMILES string of the molecule is COc1cc(OC)c(NC(=O)NNC(=O)c2cc3ccc(C(F)(F)F)cc3[nH]2)cc1Cl. The average molecular weight is 457 g/mol. The summed E-state index contributed by atoms with van der Waals surface area (Å²) < 4.78 is 48.7. The summed E-state index contributed by atoms with van der Waals surface area (Å²) in [6.45, 7) is 0. The van der Waals surface area contributed by atoms with E-state index in [1.165, 1.54) is 38.5 Å². The lowest BCUT2D eigenvalue weighted by Crippen LogP contribution is -2.44. The number of carbonyl (C=O) groups is 2. The number of hydrazine groups is 1. The molecule has 0 saturated carbocycles. The van der Waals surface area contributed by atoms with E-state index in [1.807, 2.05) is 0 Å². The van der Waals surface area contributed by atoms with E-state index >= 15 is 0 Å². The number of halogens is 4. The highest BCUT2D eigenvalue weighted by molar-refractivity contribution is 6.32. The number of rotatable bonds is 4. The predicted octanol–water partition coefficient (Wildman–Crippen LogP) is 4.32. The molecular weight excluding hydrogens is 441 g/mol. The maximum absolute atomic E-state index is 12.8. The van der Waals surface area contributed by atoms with Crippen molar-refractivity contribution in [1.29, 1.82) is 0 Å². The largest absolute Gasteiger partial charge is 0.495 e. The van der Waals surface area contributed by atoms with E-state index in [1.54, 1.807) is 0 Å². The molecule has 0 aliphatic carbocycles. The molecule has 0 radical (unpaired) electrons. The number of benzene rings is 2. The lowest BCUT2D eigenvalue weighted by molar-refractivity contribution is -0.137. The Balaban J connectivity index is 1.67. The fourth-order valence-corrected chi connectivity index (χ4v) is 2.96. The van der Waals surface area contributed by atoms with Crippen LogP contribution in [-0.2, 0) is 6.18 Å². The minimum atomic E-state index is -4.51. The van der Waals surface area contributed by atoms with Gasteiger partial charge < -0.3 is 19.8 Å². The van der Waals surface area contributed by atoms with Gasteiger partial charge in [0.2, 0.25) is 0 Å². The number of nitrogens with one attached hydrogen (secondary N) is 4. The second kappa shape index (κ2) is 8.64. The molecule has 3 amide bonds. The molecule has 0 spiro atoms.